The number of para-hydroxylation sites is 1. The molecule has 0 atom stereocenters. The van der Waals surface area contributed by atoms with Crippen LogP contribution in [0.5, 0.6) is 11.5 Å². The van der Waals surface area contributed by atoms with Crippen molar-refractivity contribution in [2.24, 2.45) is 4.99 Å². The van der Waals surface area contributed by atoms with Gasteiger partial charge in [0.25, 0.3) is 0 Å². The van der Waals surface area contributed by atoms with E-state index in [1.54, 1.807) is 14.2 Å². The number of nitrogens with zero attached hydrogens (tertiary/aromatic N) is 3. The lowest BCUT2D eigenvalue weighted by Crippen LogP contribution is -2.39. The number of aliphatic imine (C=N–C) groups is 1. The summed E-state index contributed by atoms with van der Waals surface area (Å²) in [6, 6.07) is 19.5. The quantitative estimate of drug-likeness (QED) is 0.358. The van der Waals surface area contributed by atoms with Crippen molar-refractivity contribution < 1.29 is 9.47 Å². The van der Waals surface area contributed by atoms with Crippen LogP contribution in [-0.2, 0) is 6.54 Å². The van der Waals surface area contributed by atoms with Gasteiger partial charge in [0.1, 0.15) is 18.1 Å². The van der Waals surface area contributed by atoms with Crippen LogP contribution < -0.4 is 20.1 Å². The second-order valence-electron chi connectivity index (χ2n) is 5.96. The van der Waals surface area contributed by atoms with Crippen LogP contribution in [0, 0.1) is 0 Å². The molecule has 7 heteroatoms. The minimum absolute atomic E-state index is 0.552. The maximum absolute atomic E-state index is 5.66. The van der Waals surface area contributed by atoms with E-state index in [4.69, 9.17) is 9.47 Å². The van der Waals surface area contributed by atoms with Gasteiger partial charge in [0.2, 0.25) is 0 Å². The summed E-state index contributed by atoms with van der Waals surface area (Å²) in [6.45, 7) is 1.77. The highest BCUT2D eigenvalue weighted by atomic mass is 16.5. The predicted octanol–water partition coefficient (Wildman–Crippen LogP) is 2.62. The molecule has 7 nitrogen and oxygen atoms in total. The van der Waals surface area contributed by atoms with Gasteiger partial charge in [0.15, 0.2) is 5.96 Å². The van der Waals surface area contributed by atoms with Gasteiger partial charge in [-0.3, -0.25) is 4.99 Å². The fourth-order valence-corrected chi connectivity index (χ4v) is 2.58. The maximum atomic E-state index is 5.66. The van der Waals surface area contributed by atoms with Gasteiger partial charge in [0, 0.05) is 13.2 Å². The van der Waals surface area contributed by atoms with E-state index >= 15 is 0 Å². The third-order valence-corrected chi connectivity index (χ3v) is 4.05. The van der Waals surface area contributed by atoms with Crippen molar-refractivity contribution in [2.75, 3.05) is 27.3 Å². The van der Waals surface area contributed by atoms with Gasteiger partial charge < -0.3 is 20.1 Å². The molecule has 0 saturated heterocycles. The van der Waals surface area contributed by atoms with Gasteiger partial charge in [-0.1, -0.05) is 18.2 Å². The van der Waals surface area contributed by atoms with Gasteiger partial charge >= 0.3 is 0 Å². The number of rotatable bonds is 8. The fraction of sp³-hybridized carbons (Fsp3) is 0.238. The van der Waals surface area contributed by atoms with Gasteiger partial charge in [0.05, 0.1) is 31.6 Å². The van der Waals surface area contributed by atoms with Crippen LogP contribution in [0.3, 0.4) is 0 Å². The SMILES string of the molecule is CN=C(NCCOc1ccccc1)NCc1ccn(-c2ccc(OC)cc2)n1. The summed E-state index contributed by atoms with van der Waals surface area (Å²) < 4.78 is 12.7. The van der Waals surface area contributed by atoms with Crippen LogP contribution in [0.2, 0.25) is 0 Å². The largest absolute Gasteiger partial charge is 0.497 e. The number of nitrogens with one attached hydrogen (secondary N) is 2. The first kappa shape index (κ1) is 19.3. The van der Waals surface area contributed by atoms with Crippen molar-refractivity contribution in [2.45, 2.75) is 6.54 Å². The highest BCUT2D eigenvalue weighted by molar-refractivity contribution is 5.79. The summed E-state index contributed by atoms with van der Waals surface area (Å²) in [7, 11) is 3.39. The van der Waals surface area contributed by atoms with Gasteiger partial charge in [-0.15, -0.1) is 0 Å². The van der Waals surface area contributed by atoms with E-state index in [9.17, 15) is 0 Å². The second-order valence-corrected chi connectivity index (χ2v) is 5.96. The maximum Gasteiger partial charge on any atom is 0.191 e. The molecule has 0 unspecified atom stereocenters. The van der Waals surface area contributed by atoms with Gasteiger partial charge in [-0.05, 0) is 42.5 Å². The monoisotopic (exact) mass is 379 g/mol. The topological polar surface area (TPSA) is 72.7 Å². The summed E-state index contributed by atoms with van der Waals surface area (Å²) in [5.41, 5.74) is 1.90. The summed E-state index contributed by atoms with van der Waals surface area (Å²) in [5.74, 6) is 2.39. The van der Waals surface area contributed by atoms with Crippen molar-refractivity contribution in [3.8, 4) is 17.2 Å². The summed E-state index contributed by atoms with van der Waals surface area (Å²) in [4.78, 5) is 4.22. The Labute approximate surface area is 165 Å². The van der Waals surface area contributed by atoms with Crippen molar-refractivity contribution in [1.29, 1.82) is 0 Å². The highest BCUT2D eigenvalue weighted by Crippen LogP contribution is 2.14. The summed E-state index contributed by atoms with van der Waals surface area (Å²) in [6.07, 6.45) is 1.93. The zero-order valence-corrected chi connectivity index (χ0v) is 16.1. The molecule has 1 heterocycles. The predicted molar refractivity (Wildman–Crippen MR) is 110 cm³/mol. The van der Waals surface area contributed by atoms with Crippen molar-refractivity contribution in [3.63, 3.8) is 0 Å². The molecule has 146 valence electrons. The second kappa shape index (κ2) is 10.0. The molecule has 0 bridgehead atoms. The van der Waals surface area contributed by atoms with E-state index in [1.807, 2.05) is 71.5 Å². The molecular weight excluding hydrogens is 354 g/mol. The Morgan fingerprint density at radius 3 is 2.50 bits per heavy atom. The first-order valence-electron chi connectivity index (χ1n) is 9.10. The molecule has 2 N–H and O–H groups in total. The van der Waals surface area contributed by atoms with E-state index in [-0.39, 0.29) is 0 Å². The smallest absolute Gasteiger partial charge is 0.191 e. The normalized spacial score (nSPS) is 11.1. The van der Waals surface area contributed by atoms with Crippen molar-refractivity contribution in [1.82, 2.24) is 20.4 Å². The molecule has 2 aromatic carbocycles. The molecule has 0 fully saturated rings. The van der Waals surface area contributed by atoms with Crippen LogP contribution in [0.15, 0.2) is 71.9 Å². The Balaban J connectivity index is 1.44. The average Bonchev–Trinajstić information content (AvgIpc) is 3.23. The molecule has 0 aliphatic carbocycles. The van der Waals surface area contributed by atoms with Gasteiger partial charge in [-0.25, -0.2) is 4.68 Å². The molecule has 3 aromatic rings. The molecule has 28 heavy (non-hydrogen) atoms. The molecule has 3 rings (SSSR count). The van der Waals surface area contributed by atoms with E-state index in [0.29, 0.717) is 25.7 Å². The van der Waals surface area contributed by atoms with E-state index < -0.39 is 0 Å². The van der Waals surface area contributed by atoms with Crippen LogP contribution in [0.1, 0.15) is 5.69 Å². The first-order valence-corrected chi connectivity index (χ1v) is 9.10. The van der Waals surface area contributed by atoms with E-state index in [2.05, 4.69) is 20.7 Å². The molecule has 0 amide bonds. The zero-order valence-electron chi connectivity index (χ0n) is 16.1. The van der Waals surface area contributed by atoms with Crippen LogP contribution in [0.4, 0.5) is 0 Å². The average molecular weight is 379 g/mol. The number of methoxy groups -OCH3 is 1. The van der Waals surface area contributed by atoms with Crippen LogP contribution >= 0.6 is 0 Å². The van der Waals surface area contributed by atoms with E-state index in [1.165, 1.54) is 0 Å². The van der Waals surface area contributed by atoms with Crippen LogP contribution in [-0.4, -0.2) is 43.0 Å². The third kappa shape index (κ3) is 5.51. The number of aromatic nitrogens is 2. The Kier molecular flexibility index (Phi) is 6.89. The number of hydrogen-bond acceptors (Lipinski definition) is 4. The Hall–Kier alpha value is -3.48. The lowest BCUT2D eigenvalue weighted by atomic mass is 10.3. The molecule has 0 radical (unpaired) electrons. The molecule has 0 aliphatic heterocycles. The molecular formula is C21H25N5O2. The standard InChI is InChI=1S/C21H25N5O2/c1-22-21(23-13-15-28-20-6-4-3-5-7-20)24-16-17-12-14-26(25-17)18-8-10-19(27-2)11-9-18/h3-12,14H,13,15-16H2,1-2H3,(H2,22,23,24). The number of benzene rings is 2. The Morgan fingerprint density at radius 1 is 1.00 bits per heavy atom. The third-order valence-electron chi connectivity index (χ3n) is 4.05. The number of ether oxygens (including phenoxy) is 2. The first-order chi connectivity index (χ1) is 13.8. The lowest BCUT2D eigenvalue weighted by Gasteiger charge is -2.11. The minimum Gasteiger partial charge on any atom is -0.497 e. The minimum atomic E-state index is 0.552. The van der Waals surface area contributed by atoms with Crippen LogP contribution in [0.25, 0.3) is 5.69 Å². The number of hydrogen-bond donors (Lipinski definition) is 2. The van der Waals surface area contributed by atoms with E-state index in [0.717, 1.165) is 22.9 Å². The summed E-state index contributed by atoms with van der Waals surface area (Å²) >= 11 is 0. The van der Waals surface area contributed by atoms with Crippen molar-refractivity contribution in [3.05, 3.63) is 72.6 Å². The zero-order chi connectivity index (χ0) is 19.6. The Morgan fingerprint density at radius 2 is 1.79 bits per heavy atom. The fourth-order valence-electron chi connectivity index (χ4n) is 2.58. The Bertz CT molecular complexity index is 875. The van der Waals surface area contributed by atoms with Gasteiger partial charge in [-0.2, -0.15) is 5.10 Å². The molecule has 1 aromatic heterocycles. The summed E-state index contributed by atoms with van der Waals surface area (Å²) in [5, 5.41) is 11.1. The molecule has 0 aliphatic rings. The number of guanidine groups is 1. The lowest BCUT2D eigenvalue weighted by molar-refractivity contribution is 0.322. The highest BCUT2D eigenvalue weighted by Gasteiger charge is 2.04. The molecule has 0 saturated carbocycles. The molecule has 0 spiro atoms. The van der Waals surface area contributed by atoms with Crippen molar-refractivity contribution >= 4 is 5.96 Å².